The van der Waals surface area contributed by atoms with Gasteiger partial charge in [0.05, 0.1) is 5.56 Å². The van der Waals surface area contributed by atoms with Gasteiger partial charge in [-0.15, -0.1) is 0 Å². The molecule has 1 aromatic rings. The standard InChI is InChI=1S/C14H17F3N2O/c15-14(16,17)11-2-4-12(5-3-11)19-13(20)6-1-10-7-8-18-9-10/h2-5,10,18H,1,6-9H2,(H,19,20). The van der Waals surface area contributed by atoms with E-state index in [4.69, 9.17) is 0 Å². The van der Waals surface area contributed by atoms with Crippen LogP contribution in [0.5, 0.6) is 0 Å². The van der Waals surface area contributed by atoms with Gasteiger partial charge in [-0.1, -0.05) is 0 Å². The lowest BCUT2D eigenvalue weighted by Gasteiger charge is -2.10. The van der Waals surface area contributed by atoms with Crippen molar-refractivity contribution in [2.45, 2.75) is 25.4 Å². The first-order chi connectivity index (χ1) is 9.45. The molecule has 0 aliphatic carbocycles. The summed E-state index contributed by atoms with van der Waals surface area (Å²) in [6.07, 6.45) is -2.07. The van der Waals surface area contributed by atoms with Crippen LogP contribution in [0.1, 0.15) is 24.8 Å². The molecule has 1 heterocycles. The molecule has 1 unspecified atom stereocenters. The monoisotopic (exact) mass is 286 g/mol. The fraction of sp³-hybridized carbons (Fsp3) is 0.500. The third-order valence-electron chi connectivity index (χ3n) is 3.44. The highest BCUT2D eigenvalue weighted by atomic mass is 19.4. The first kappa shape index (κ1) is 14.8. The van der Waals surface area contributed by atoms with E-state index in [1.807, 2.05) is 0 Å². The zero-order valence-electron chi connectivity index (χ0n) is 11.0. The molecule has 1 atom stereocenters. The number of amides is 1. The predicted octanol–water partition coefficient (Wildman–Crippen LogP) is 3.03. The highest BCUT2D eigenvalue weighted by Gasteiger charge is 2.29. The van der Waals surface area contributed by atoms with Gasteiger partial charge in [-0.25, -0.2) is 0 Å². The molecular weight excluding hydrogens is 269 g/mol. The second kappa shape index (κ2) is 6.26. The number of anilines is 1. The summed E-state index contributed by atoms with van der Waals surface area (Å²) in [5.74, 6) is 0.366. The molecule has 0 bridgehead atoms. The Morgan fingerprint density at radius 2 is 2.00 bits per heavy atom. The fourth-order valence-corrected chi connectivity index (χ4v) is 2.26. The smallest absolute Gasteiger partial charge is 0.326 e. The average molecular weight is 286 g/mol. The van der Waals surface area contributed by atoms with E-state index in [-0.39, 0.29) is 5.91 Å². The van der Waals surface area contributed by atoms with E-state index in [0.29, 0.717) is 18.0 Å². The minimum absolute atomic E-state index is 0.156. The first-order valence-electron chi connectivity index (χ1n) is 6.63. The van der Waals surface area contributed by atoms with Gasteiger partial charge in [-0.2, -0.15) is 13.2 Å². The summed E-state index contributed by atoms with van der Waals surface area (Å²) in [5, 5.41) is 5.85. The number of nitrogens with one attached hydrogen (secondary N) is 2. The zero-order chi connectivity index (χ0) is 14.6. The molecule has 110 valence electrons. The van der Waals surface area contributed by atoms with Gasteiger partial charge in [-0.3, -0.25) is 4.79 Å². The molecular formula is C14H17F3N2O. The van der Waals surface area contributed by atoms with E-state index in [9.17, 15) is 18.0 Å². The molecule has 1 aliphatic heterocycles. The van der Waals surface area contributed by atoms with Crippen LogP contribution in [-0.2, 0) is 11.0 Å². The largest absolute Gasteiger partial charge is 0.416 e. The van der Waals surface area contributed by atoms with E-state index < -0.39 is 11.7 Å². The van der Waals surface area contributed by atoms with Gasteiger partial charge in [-0.05, 0) is 56.1 Å². The highest BCUT2D eigenvalue weighted by Crippen LogP contribution is 2.29. The van der Waals surface area contributed by atoms with Crippen molar-refractivity contribution in [3.05, 3.63) is 29.8 Å². The fourth-order valence-electron chi connectivity index (χ4n) is 2.26. The Morgan fingerprint density at radius 1 is 1.30 bits per heavy atom. The Bertz CT molecular complexity index is 450. The summed E-state index contributed by atoms with van der Waals surface area (Å²) in [7, 11) is 0. The second-order valence-corrected chi connectivity index (χ2v) is 5.02. The maximum Gasteiger partial charge on any atom is 0.416 e. The number of halogens is 3. The van der Waals surface area contributed by atoms with Gasteiger partial charge < -0.3 is 10.6 Å². The van der Waals surface area contributed by atoms with Crippen LogP contribution in [-0.4, -0.2) is 19.0 Å². The molecule has 2 N–H and O–H groups in total. The van der Waals surface area contributed by atoms with Gasteiger partial charge in [0.15, 0.2) is 0 Å². The topological polar surface area (TPSA) is 41.1 Å². The average Bonchev–Trinajstić information content (AvgIpc) is 2.89. The van der Waals surface area contributed by atoms with Crippen LogP contribution in [0.25, 0.3) is 0 Å². The third kappa shape index (κ3) is 4.23. The van der Waals surface area contributed by atoms with Crippen LogP contribution in [0, 0.1) is 5.92 Å². The second-order valence-electron chi connectivity index (χ2n) is 5.02. The van der Waals surface area contributed by atoms with Crippen molar-refractivity contribution < 1.29 is 18.0 Å². The summed E-state index contributed by atoms with van der Waals surface area (Å²) in [6.45, 7) is 1.93. The number of benzene rings is 1. The number of rotatable bonds is 4. The molecule has 1 amide bonds. The molecule has 3 nitrogen and oxygen atoms in total. The molecule has 6 heteroatoms. The van der Waals surface area contributed by atoms with Crippen molar-refractivity contribution in [3.63, 3.8) is 0 Å². The normalized spacial score (nSPS) is 19.1. The maximum absolute atomic E-state index is 12.4. The zero-order valence-corrected chi connectivity index (χ0v) is 11.0. The summed E-state index contributed by atoms with van der Waals surface area (Å²) in [4.78, 5) is 11.7. The summed E-state index contributed by atoms with van der Waals surface area (Å²) < 4.78 is 37.1. The van der Waals surface area contributed by atoms with E-state index in [2.05, 4.69) is 10.6 Å². The summed E-state index contributed by atoms with van der Waals surface area (Å²) in [5.41, 5.74) is -0.319. The minimum atomic E-state index is -4.35. The van der Waals surface area contributed by atoms with Crippen LogP contribution < -0.4 is 10.6 Å². The quantitative estimate of drug-likeness (QED) is 0.893. The molecule has 1 saturated heterocycles. The van der Waals surface area contributed by atoms with Crippen molar-refractivity contribution in [1.82, 2.24) is 5.32 Å². The minimum Gasteiger partial charge on any atom is -0.326 e. The number of hydrogen-bond acceptors (Lipinski definition) is 2. The van der Waals surface area contributed by atoms with Gasteiger partial charge in [0.1, 0.15) is 0 Å². The lowest BCUT2D eigenvalue weighted by Crippen LogP contribution is -2.15. The highest BCUT2D eigenvalue weighted by molar-refractivity contribution is 5.90. The van der Waals surface area contributed by atoms with E-state index in [1.165, 1.54) is 12.1 Å². The molecule has 0 radical (unpaired) electrons. The summed E-state index contributed by atoms with van der Waals surface area (Å²) >= 11 is 0. The van der Waals surface area contributed by atoms with Crippen molar-refractivity contribution in [1.29, 1.82) is 0 Å². The van der Waals surface area contributed by atoms with E-state index in [0.717, 1.165) is 38.1 Å². The van der Waals surface area contributed by atoms with Crippen molar-refractivity contribution in [2.75, 3.05) is 18.4 Å². The van der Waals surface area contributed by atoms with Gasteiger partial charge in [0.25, 0.3) is 0 Å². The van der Waals surface area contributed by atoms with Crippen molar-refractivity contribution >= 4 is 11.6 Å². The molecule has 20 heavy (non-hydrogen) atoms. The Balaban J connectivity index is 1.81. The third-order valence-corrected chi connectivity index (χ3v) is 3.44. The van der Waals surface area contributed by atoms with Crippen LogP contribution in [0.2, 0.25) is 0 Å². The van der Waals surface area contributed by atoms with Crippen LogP contribution in [0.3, 0.4) is 0 Å². The van der Waals surface area contributed by atoms with Gasteiger partial charge in [0, 0.05) is 12.1 Å². The maximum atomic E-state index is 12.4. The van der Waals surface area contributed by atoms with Crippen molar-refractivity contribution in [2.24, 2.45) is 5.92 Å². The molecule has 1 aromatic carbocycles. The molecule has 0 saturated carbocycles. The van der Waals surface area contributed by atoms with Crippen molar-refractivity contribution in [3.8, 4) is 0 Å². The molecule has 2 rings (SSSR count). The predicted molar refractivity (Wildman–Crippen MR) is 70.3 cm³/mol. The lowest BCUT2D eigenvalue weighted by molar-refractivity contribution is -0.137. The lowest BCUT2D eigenvalue weighted by atomic mass is 10.0. The number of hydrogen-bond donors (Lipinski definition) is 2. The first-order valence-corrected chi connectivity index (χ1v) is 6.63. The Hall–Kier alpha value is -1.56. The molecule has 0 aromatic heterocycles. The molecule has 0 spiro atoms. The Morgan fingerprint density at radius 3 is 2.55 bits per heavy atom. The Labute approximate surface area is 115 Å². The van der Waals surface area contributed by atoms with Crippen LogP contribution in [0.15, 0.2) is 24.3 Å². The molecule has 1 fully saturated rings. The number of alkyl halides is 3. The number of carbonyl (C=O) groups is 1. The molecule has 1 aliphatic rings. The van der Waals surface area contributed by atoms with Crippen LogP contribution >= 0.6 is 0 Å². The number of carbonyl (C=O) groups excluding carboxylic acids is 1. The SMILES string of the molecule is O=C(CCC1CCNC1)Nc1ccc(C(F)(F)F)cc1. The summed E-state index contributed by atoms with van der Waals surface area (Å²) in [6, 6.07) is 4.49. The Kier molecular flexibility index (Phi) is 4.65. The van der Waals surface area contributed by atoms with E-state index >= 15 is 0 Å². The van der Waals surface area contributed by atoms with Crippen LogP contribution in [0.4, 0.5) is 18.9 Å². The van der Waals surface area contributed by atoms with Gasteiger partial charge in [0.2, 0.25) is 5.91 Å². The van der Waals surface area contributed by atoms with Gasteiger partial charge >= 0.3 is 6.18 Å². The van der Waals surface area contributed by atoms with E-state index in [1.54, 1.807) is 0 Å².